The molecule has 338 valence electrons. The van der Waals surface area contributed by atoms with Crippen molar-refractivity contribution in [1.29, 1.82) is 0 Å². The van der Waals surface area contributed by atoms with Gasteiger partial charge < -0.3 is 80.9 Å². The number of carboxylic acids is 1. The fraction of sp³-hybridized carbons (Fsp3) is 0.541. The molecule has 0 aliphatic rings. The first kappa shape index (κ1) is 50.6. The van der Waals surface area contributed by atoms with Gasteiger partial charge in [-0.25, -0.2) is 4.79 Å². The number of aliphatic imine (C=N–C) groups is 2. The summed E-state index contributed by atoms with van der Waals surface area (Å²) in [6.07, 6.45) is 2.26. The van der Waals surface area contributed by atoms with Crippen molar-refractivity contribution in [3.8, 4) is 0 Å². The van der Waals surface area contributed by atoms with Gasteiger partial charge in [-0.15, -0.1) is 0 Å². The molecule has 1 aromatic heterocycles. The average molecular weight is 861 g/mol. The van der Waals surface area contributed by atoms with Crippen molar-refractivity contribution in [1.82, 2.24) is 36.9 Å². The predicted octanol–water partition coefficient (Wildman–Crippen LogP) is -5.20. The Morgan fingerprint density at radius 2 is 1.30 bits per heavy atom. The molecule has 0 saturated heterocycles. The number of aromatic amines is 1. The number of para-hydroxylation sites is 1. The van der Waals surface area contributed by atoms with Crippen LogP contribution in [0.3, 0.4) is 0 Å². The number of carboxylic acid groups (broad SMARTS) is 1. The summed E-state index contributed by atoms with van der Waals surface area (Å²) in [6, 6.07) is -0.957. The van der Waals surface area contributed by atoms with Gasteiger partial charge in [0.2, 0.25) is 35.4 Å². The summed E-state index contributed by atoms with van der Waals surface area (Å²) >= 11 is 0. The summed E-state index contributed by atoms with van der Waals surface area (Å²) in [7, 11) is 0. The van der Waals surface area contributed by atoms with Gasteiger partial charge in [0.25, 0.3) is 0 Å². The predicted molar refractivity (Wildman–Crippen MR) is 224 cm³/mol. The minimum absolute atomic E-state index is 0.0259. The number of carbonyl (C=O) groups excluding carboxylic acids is 6. The molecule has 0 aliphatic carbocycles. The summed E-state index contributed by atoms with van der Waals surface area (Å²) in [5.74, 6) is -7.46. The Morgan fingerprint density at radius 1 is 0.721 bits per heavy atom. The van der Waals surface area contributed by atoms with Crippen LogP contribution in [0.4, 0.5) is 0 Å². The SMILES string of the molecule is CC[C@H](C)[C@H](NC(=O)[C@H](CCCN=C(N)N)NC(=O)[C@H](CO)NC(=O)CNC(=O)[C@H](Cc1c[nH]c2ccccc12)NC(=O)[C@@H](N)CO)C(=O)N[C@@H](CCCN=C(N)N)C(=O)O. The first-order valence-electron chi connectivity index (χ1n) is 19.6. The monoisotopic (exact) mass is 860 g/mol. The van der Waals surface area contributed by atoms with E-state index in [1.807, 2.05) is 18.2 Å². The van der Waals surface area contributed by atoms with E-state index in [2.05, 4.69) is 46.9 Å². The Balaban J connectivity index is 2.19. The second-order valence-electron chi connectivity index (χ2n) is 14.2. The maximum Gasteiger partial charge on any atom is 0.326 e. The maximum absolute atomic E-state index is 13.7. The second-order valence-corrected chi connectivity index (χ2v) is 14.2. The number of nitrogens with one attached hydrogen (secondary N) is 7. The first-order chi connectivity index (χ1) is 28.9. The third kappa shape index (κ3) is 17.3. The standard InChI is InChI=1S/C37H60N14O10/c1-3-19(2)29(34(59)49-25(35(60)61)11-7-13-44-37(41)42)51-32(57)24(10-6-12-43-36(39)40)48-33(58)27(18-53)47-28(54)16-46-31(56)26(50-30(55)22(38)17-52)14-20-15-45-23-9-5-4-8-21(20)23/h4-5,8-9,15,19,22,24-27,29,45,52-53H,3,6-7,10-14,16-18,38H2,1-2H3,(H,46,56)(H,47,54)(H,48,58)(H,49,59)(H,50,55)(H,51,57)(H,60,61)(H4,39,40,43)(H4,41,42,44)/t19-,22-,24-,25-,26-,27-,29-/m0/s1. The fourth-order valence-electron chi connectivity index (χ4n) is 5.84. The number of hydrogen-bond acceptors (Lipinski definition) is 12. The van der Waals surface area contributed by atoms with Crippen molar-refractivity contribution in [2.75, 3.05) is 32.8 Å². The lowest BCUT2D eigenvalue weighted by atomic mass is 9.96. The quantitative estimate of drug-likeness (QED) is 0.0227. The van der Waals surface area contributed by atoms with Gasteiger partial charge in [-0.3, -0.25) is 38.8 Å². The van der Waals surface area contributed by atoms with Crippen molar-refractivity contribution in [2.45, 2.75) is 88.6 Å². The molecule has 0 unspecified atom stereocenters. The van der Waals surface area contributed by atoms with Crippen LogP contribution in [0.1, 0.15) is 51.5 Å². The Labute approximate surface area is 351 Å². The molecule has 6 amide bonds. The van der Waals surface area contributed by atoms with Crippen LogP contribution in [-0.2, 0) is 40.0 Å². The van der Waals surface area contributed by atoms with Crippen LogP contribution in [0.5, 0.6) is 0 Å². The number of aliphatic hydroxyl groups excluding tert-OH is 2. The molecular formula is C37H60N14O10. The third-order valence-corrected chi connectivity index (χ3v) is 9.45. The minimum atomic E-state index is -1.63. The van der Waals surface area contributed by atoms with Crippen molar-refractivity contribution in [3.63, 3.8) is 0 Å². The van der Waals surface area contributed by atoms with Crippen molar-refractivity contribution >= 4 is 64.2 Å². The van der Waals surface area contributed by atoms with Gasteiger partial charge in [-0.05, 0) is 43.2 Å². The zero-order chi connectivity index (χ0) is 45.6. The number of fused-ring (bicyclic) bond motifs is 1. The average Bonchev–Trinajstić information content (AvgIpc) is 3.63. The fourth-order valence-corrected chi connectivity index (χ4v) is 5.84. The van der Waals surface area contributed by atoms with Crippen molar-refractivity contribution in [2.24, 2.45) is 44.6 Å². The van der Waals surface area contributed by atoms with E-state index in [4.69, 9.17) is 28.7 Å². The van der Waals surface area contributed by atoms with Gasteiger partial charge in [0, 0.05) is 36.6 Å². The summed E-state index contributed by atoms with van der Waals surface area (Å²) in [4.78, 5) is 102. The van der Waals surface area contributed by atoms with Gasteiger partial charge in [-0.2, -0.15) is 0 Å². The van der Waals surface area contributed by atoms with Gasteiger partial charge >= 0.3 is 5.97 Å². The molecule has 1 heterocycles. The van der Waals surface area contributed by atoms with Crippen LogP contribution in [0.25, 0.3) is 10.9 Å². The molecule has 24 nitrogen and oxygen atoms in total. The number of amides is 6. The lowest BCUT2D eigenvalue weighted by Crippen LogP contribution is -2.60. The molecule has 2 aromatic rings. The van der Waals surface area contributed by atoms with Crippen LogP contribution < -0.4 is 60.6 Å². The number of benzene rings is 1. The largest absolute Gasteiger partial charge is 0.480 e. The topological polar surface area (TPSA) is 423 Å². The third-order valence-electron chi connectivity index (χ3n) is 9.45. The Kier molecular flexibility index (Phi) is 21.4. The van der Waals surface area contributed by atoms with E-state index in [9.17, 15) is 48.9 Å². The highest BCUT2D eigenvalue weighted by Gasteiger charge is 2.33. The molecular weight excluding hydrogens is 800 g/mol. The zero-order valence-electron chi connectivity index (χ0n) is 34.2. The number of guanidine groups is 2. The van der Waals surface area contributed by atoms with Gasteiger partial charge in [0.05, 0.1) is 19.8 Å². The van der Waals surface area contributed by atoms with E-state index < -0.39 is 103 Å². The highest BCUT2D eigenvalue weighted by molar-refractivity contribution is 5.96. The van der Waals surface area contributed by atoms with Crippen LogP contribution in [-0.4, -0.2) is 143 Å². The normalized spacial score (nSPS) is 14.4. The molecule has 7 atom stereocenters. The molecule has 0 saturated carbocycles. The van der Waals surface area contributed by atoms with Crippen LogP contribution in [0.2, 0.25) is 0 Å². The number of aliphatic hydroxyl groups is 2. The molecule has 0 bridgehead atoms. The number of carbonyl (C=O) groups is 7. The van der Waals surface area contributed by atoms with E-state index in [0.717, 1.165) is 10.9 Å². The molecule has 1 aromatic carbocycles. The lowest BCUT2D eigenvalue weighted by Gasteiger charge is -2.28. The molecule has 24 heteroatoms. The summed E-state index contributed by atoms with van der Waals surface area (Å²) in [5, 5.41) is 44.6. The summed E-state index contributed by atoms with van der Waals surface area (Å²) in [6.45, 7) is 1.23. The van der Waals surface area contributed by atoms with Crippen molar-refractivity contribution in [3.05, 3.63) is 36.0 Å². The van der Waals surface area contributed by atoms with Crippen molar-refractivity contribution < 1.29 is 48.9 Å². The molecule has 0 spiro atoms. The first-order valence-corrected chi connectivity index (χ1v) is 19.6. The molecule has 0 fully saturated rings. The molecule has 20 N–H and O–H groups in total. The van der Waals surface area contributed by atoms with Crippen LogP contribution >= 0.6 is 0 Å². The highest BCUT2D eigenvalue weighted by atomic mass is 16.4. The second kappa shape index (κ2) is 25.8. The number of aromatic nitrogens is 1. The molecule has 0 aliphatic heterocycles. The Hall–Kier alpha value is -6.53. The van der Waals surface area contributed by atoms with Gasteiger partial charge in [0.15, 0.2) is 11.9 Å². The van der Waals surface area contributed by atoms with E-state index in [0.29, 0.717) is 12.0 Å². The zero-order valence-corrected chi connectivity index (χ0v) is 34.2. The lowest BCUT2D eigenvalue weighted by molar-refractivity contribution is -0.143. The van der Waals surface area contributed by atoms with E-state index >= 15 is 0 Å². The van der Waals surface area contributed by atoms with E-state index in [1.54, 1.807) is 26.1 Å². The number of rotatable bonds is 27. The number of aliphatic carboxylic acids is 1. The van der Waals surface area contributed by atoms with Gasteiger partial charge in [-0.1, -0.05) is 38.5 Å². The summed E-state index contributed by atoms with van der Waals surface area (Å²) < 4.78 is 0. The molecule has 61 heavy (non-hydrogen) atoms. The van der Waals surface area contributed by atoms with E-state index in [-0.39, 0.29) is 57.1 Å². The maximum atomic E-state index is 13.7. The summed E-state index contributed by atoms with van der Waals surface area (Å²) in [5.41, 5.74) is 28.5. The van der Waals surface area contributed by atoms with Crippen LogP contribution in [0.15, 0.2) is 40.4 Å². The van der Waals surface area contributed by atoms with E-state index in [1.165, 1.54) is 0 Å². The smallest absolute Gasteiger partial charge is 0.326 e. The minimum Gasteiger partial charge on any atom is -0.480 e. The van der Waals surface area contributed by atoms with Gasteiger partial charge in [0.1, 0.15) is 36.3 Å². The number of nitrogens with zero attached hydrogens (tertiary/aromatic N) is 2. The number of nitrogens with two attached hydrogens (primary N) is 5. The Morgan fingerprint density at radius 3 is 1.87 bits per heavy atom. The Bertz CT molecular complexity index is 1860. The van der Waals surface area contributed by atoms with Crippen LogP contribution in [0, 0.1) is 5.92 Å². The number of hydrogen-bond donors (Lipinski definition) is 15. The number of H-pyrrole nitrogens is 1. The molecule has 2 rings (SSSR count). The highest BCUT2D eigenvalue weighted by Crippen LogP contribution is 2.19. The molecule has 0 radical (unpaired) electrons.